The van der Waals surface area contributed by atoms with Crippen LogP contribution in [0.4, 0.5) is 0 Å². The van der Waals surface area contributed by atoms with Crippen molar-refractivity contribution in [1.82, 2.24) is 0 Å². The van der Waals surface area contributed by atoms with Crippen molar-refractivity contribution in [3.8, 4) is 0 Å². The van der Waals surface area contributed by atoms with Crippen LogP contribution in [0.2, 0.25) is 0 Å². The minimum absolute atomic E-state index is 0.0657. The van der Waals surface area contributed by atoms with Gasteiger partial charge in [-0.25, -0.2) is 9.78 Å². The Morgan fingerprint density at radius 3 is 2.70 bits per heavy atom. The molecule has 5 fully saturated rings. The van der Waals surface area contributed by atoms with Crippen molar-refractivity contribution >= 4 is 5.78 Å². The van der Waals surface area contributed by atoms with Crippen molar-refractivity contribution in [2.75, 3.05) is 0 Å². The van der Waals surface area contributed by atoms with Gasteiger partial charge in [0.25, 0.3) is 0 Å². The molecule has 0 aromatic heterocycles. The molecule has 4 heteroatoms. The zero-order valence-corrected chi connectivity index (χ0v) is 12.6. The van der Waals surface area contributed by atoms with E-state index in [1.165, 1.54) is 6.42 Å². The van der Waals surface area contributed by atoms with E-state index in [-0.39, 0.29) is 23.5 Å². The van der Waals surface area contributed by atoms with E-state index in [1.807, 2.05) is 6.92 Å². The smallest absolute Gasteiger partial charge is 0.199 e. The first kappa shape index (κ1) is 13.2. The van der Waals surface area contributed by atoms with Gasteiger partial charge in [0.05, 0.1) is 0 Å². The summed E-state index contributed by atoms with van der Waals surface area (Å²) in [5.74, 6) is 1.04. The third-order valence-electron chi connectivity index (χ3n) is 6.44. The van der Waals surface area contributed by atoms with Crippen LogP contribution in [0.25, 0.3) is 0 Å². The molecular weight excluding hydrogens is 256 g/mol. The van der Waals surface area contributed by atoms with Gasteiger partial charge in [-0.05, 0) is 38.0 Å². The lowest BCUT2D eigenvalue weighted by molar-refractivity contribution is -0.535. The number of carbonyl (C=O) groups is 1. The van der Waals surface area contributed by atoms with Gasteiger partial charge < -0.3 is 4.74 Å². The normalized spacial score (nSPS) is 58.1. The summed E-state index contributed by atoms with van der Waals surface area (Å²) in [4.78, 5) is 24.1. The molecule has 1 spiro atoms. The van der Waals surface area contributed by atoms with E-state index in [9.17, 15) is 4.79 Å². The molecule has 7 atom stereocenters. The van der Waals surface area contributed by atoms with Gasteiger partial charge in [-0.3, -0.25) is 4.79 Å². The van der Waals surface area contributed by atoms with Gasteiger partial charge in [0.2, 0.25) is 0 Å². The molecule has 112 valence electrons. The molecule has 2 bridgehead atoms. The Hall–Kier alpha value is -0.450. The summed E-state index contributed by atoms with van der Waals surface area (Å²) in [6.45, 7) is 6.32. The van der Waals surface area contributed by atoms with Crippen LogP contribution in [0.15, 0.2) is 0 Å². The summed E-state index contributed by atoms with van der Waals surface area (Å²) in [5.41, 5.74) is -0.388. The van der Waals surface area contributed by atoms with Crippen LogP contribution in [-0.4, -0.2) is 23.3 Å². The summed E-state index contributed by atoms with van der Waals surface area (Å²) in [6.07, 6.45) is 4.53. The Morgan fingerprint density at radius 2 is 1.90 bits per heavy atom. The first-order valence-electron chi connectivity index (χ1n) is 8.04. The SMILES string of the molecule is C[C@@H]1CC[C@H]2[C@@H](C)C(=O)C[C@H]3O[C@]4(C)CC[C@@H]1[C@]32OO4. The van der Waals surface area contributed by atoms with Crippen molar-refractivity contribution < 1.29 is 19.3 Å². The van der Waals surface area contributed by atoms with E-state index >= 15 is 0 Å². The molecule has 2 aliphatic carbocycles. The Morgan fingerprint density at radius 1 is 1.10 bits per heavy atom. The number of rotatable bonds is 0. The van der Waals surface area contributed by atoms with Gasteiger partial charge in [0, 0.05) is 24.7 Å². The number of ether oxygens (including phenoxy) is 1. The van der Waals surface area contributed by atoms with Crippen LogP contribution in [0.3, 0.4) is 0 Å². The van der Waals surface area contributed by atoms with Gasteiger partial charge >= 0.3 is 0 Å². The molecule has 3 saturated heterocycles. The molecule has 3 heterocycles. The van der Waals surface area contributed by atoms with E-state index in [0.29, 0.717) is 24.0 Å². The molecule has 5 rings (SSSR count). The molecule has 0 unspecified atom stereocenters. The second-order valence-electron chi connectivity index (χ2n) is 7.53. The van der Waals surface area contributed by atoms with E-state index in [0.717, 1.165) is 19.3 Å². The fraction of sp³-hybridized carbons (Fsp3) is 0.938. The summed E-state index contributed by atoms with van der Waals surface area (Å²) >= 11 is 0. The number of fused-ring (bicyclic) bond motifs is 2. The second kappa shape index (κ2) is 4.05. The largest absolute Gasteiger partial charge is 0.341 e. The van der Waals surface area contributed by atoms with Crippen molar-refractivity contribution in [3.63, 3.8) is 0 Å². The number of ketones is 1. The van der Waals surface area contributed by atoms with Crippen LogP contribution in [0, 0.1) is 23.7 Å². The molecule has 5 aliphatic rings. The average molecular weight is 280 g/mol. The standard InChI is InChI=1S/C16H24O4/c1-9-4-5-12-10(2)13(17)8-14-16(12)11(9)6-7-15(3,18-14)19-20-16/h9-12,14H,4-8H2,1-3H3/t9-,10-,11+,12+,14-,15+,16-/m1/s1. The number of carbonyl (C=O) groups excluding carboxylic acids is 1. The topological polar surface area (TPSA) is 44.8 Å². The van der Waals surface area contributed by atoms with Gasteiger partial charge in [-0.2, -0.15) is 0 Å². The van der Waals surface area contributed by atoms with E-state index < -0.39 is 5.79 Å². The lowest BCUT2D eigenvalue weighted by atomic mass is 9.54. The summed E-state index contributed by atoms with van der Waals surface area (Å²) in [6, 6.07) is 0. The lowest BCUT2D eigenvalue weighted by Gasteiger charge is -2.59. The quantitative estimate of drug-likeness (QED) is 0.640. The number of hydrogen-bond acceptors (Lipinski definition) is 4. The monoisotopic (exact) mass is 280 g/mol. The van der Waals surface area contributed by atoms with Gasteiger partial charge in [0.1, 0.15) is 17.5 Å². The van der Waals surface area contributed by atoms with E-state index in [1.54, 1.807) is 0 Å². The van der Waals surface area contributed by atoms with Gasteiger partial charge in [0.15, 0.2) is 5.79 Å². The molecule has 0 radical (unpaired) electrons. The van der Waals surface area contributed by atoms with Crippen molar-refractivity contribution in [3.05, 3.63) is 0 Å². The van der Waals surface area contributed by atoms with Crippen LogP contribution in [-0.2, 0) is 19.3 Å². The average Bonchev–Trinajstić information content (AvgIpc) is 2.63. The maximum absolute atomic E-state index is 12.3. The Kier molecular flexibility index (Phi) is 2.68. The Labute approximate surface area is 120 Å². The Balaban J connectivity index is 1.84. The van der Waals surface area contributed by atoms with Crippen LogP contribution in [0.1, 0.15) is 52.9 Å². The van der Waals surface area contributed by atoms with Crippen LogP contribution >= 0.6 is 0 Å². The molecule has 0 N–H and O–H groups in total. The zero-order valence-electron chi connectivity index (χ0n) is 12.6. The fourth-order valence-corrected chi connectivity index (χ4v) is 5.28. The van der Waals surface area contributed by atoms with Gasteiger partial charge in [-0.1, -0.05) is 13.8 Å². The predicted molar refractivity (Wildman–Crippen MR) is 71.6 cm³/mol. The molecule has 4 nitrogen and oxygen atoms in total. The molecule has 3 aliphatic heterocycles. The Bertz CT molecular complexity index is 450. The lowest BCUT2D eigenvalue weighted by Crippen LogP contribution is -2.68. The maximum atomic E-state index is 12.3. The minimum atomic E-state index is -0.668. The van der Waals surface area contributed by atoms with Crippen LogP contribution < -0.4 is 0 Å². The highest BCUT2D eigenvalue weighted by atomic mass is 17.3. The molecule has 0 aromatic carbocycles. The molecule has 0 amide bonds. The second-order valence-corrected chi connectivity index (χ2v) is 7.53. The van der Waals surface area contributed by atoms with Gasteiger partial charge in [-0.15, -0.1) is 0 Å². The number of Topliss-reactive ketones (excluding diaryl/α,β-unsaturated/α-hetero) is 1. The first-order valence-corrected chi connectivity index (χ1v) is 8.04. The number of hydrogen-bond donors (Lipinski definition) is 0. The highest BCUT2D eigenvalue weighted by molar-refractivity contribution is 5.83. The molecule has 2 saturated carbocycles. The summed E-state index contributed by atoms with van der Waals surface area (Å²) in [5, 5.41) is 0. The van der Waals surface area contributed by atoms with Crippen molar-refractivity contribution in [2.45, 2.75) is 70.4 Å². The third-order valence-corrected chi connectivity index (χ3v) is 6.44. The molecule has 20 heavy (non-hydrogen) atoms. The fourth-order valence-electron chi connectivity index (χ4n) is 5.28. The molecule has 0 aromatic rings. The summed E-state index contributed by atoms with van der Waals surface area (Å²) < 4.78 is 6.23. The highest BCUT2D eigenvalue weighted by Crippen LogP contribution is 2.60. The molecular formula is C16H24O4. The minimum Gasteiger partial charge on any atom is -0.341 e. The zero-order chi connectivity index (χ0) is 14.1. The van der Waals surface area contributed by atoms with Crippen molar-refractivity contribution in [1.29, 1.82) is 0 Å². The third kappa shape index (κ3) is 1.50. The first-order chi connectivity index (χ1) is 9.46. The highest BCUT2D eigenvalue weighted by Gasteiger charge is 2.68. The van der Waals surface area contributed by atoms with E-state index in [2.05, 4.69) is 13.8 Å². The van der Waals surface area contributed by atoms with Crippen molar-refractivity contribution in [2.24, 2.45) is 23.7 Å². The van der Waals surface area contributed by atoms with Crippen LogP contribution in [0.5, 0.6) is 0 Å². The maximum Gasteiger partial charge on any atom is 0.199 e. The summed E-state index contributed by atoms with van der Waals surface area (Å²) in [7, 11) is 0. The predicted octanol–water partition coefficient (Wildman–Crippen LogP) is 2.85. The van der Waals surface area contributed by atoms with E-state index in [4.69, 9.17) is 14.5 Å².